The van der Waals surface area contributed by atoms with E-state index in [4.69, 9.17) is 9.84 Å². The summed E-state index contributed by atoms with van der Waals surface area (Å²) in [5.74, 6) is 0.0803. The van der Waals surface area contributed by atoms with Crippen molar-refractivity contribution in [2.24, 2.45) is 0 Å². The van der Waals surface area contributed by atoms with E-state index >= 15 is 0 Å². The van der Waals surface area contributed by atoms with Crippen LogP contribution >= 0.6 is 0 Å². The summed E-state index contributed by atoms with van der Waals surface area (Å²) in [4.78, 5) is 13.8. The zero-order valence-electron chi connectivity index (χ0n) is 10.7. The average Bonchev–Trinajstić information content (AvgIpc) is 2.35. The molecule has 0 aliphatic carbocycles. The third-order valence-corrected chi connectivity index (χ3v) is 3.03. The van der Waals surface area contributed by atoms with Crippen LogP contribution in [0, 0.1) is 0 Å². The minimum absolute atomic E-state index is 0.0803. The molecular formula is C12H24N2O3. The predicted molar refractivity (Wildman–Crippen MR) is 65.8 cm³/mol. The molecule has 0 aromatic rings. The van der Waals surface area contributed by atoms with Crippen LogP contribution in [0.5, 0.6) is 0 Å². The van der Waals surface area contributed by atoms with Gasteiger partial charge in [0.25, 0.3) is 0 Å². The van der Waals surface area contributed by atoms with Crippen LogP contribution in [-0.4, -0.2) is 61.4 Å². The maximum Gasteiger partial charge on any atom is 0.234 e. The van der Waals surface area contributed by atoms with E-state index in [0.717, 1.165) is 45.6 Å². The largest absolute Gasteiger partial charge is 0.396 e. The van der Waals surface area contributed by atoms with Gasteiger partial charge in [-0.25, -0.2) is 0 Å². The van der Waals surface area contributed by atoms with Gasteiger partial charge in [-0.3, -0.25) is 9.69 Å². The van der Waals surface area contributed by atoms with Crippen molar-refractivity contribution < 1.29 is 14.6 Å². The Kier molecular flexibility index (Phi) is 7.16. The third-order valence-electron chi connectivity index (χ3n) is 3.03. The summed E-state index contributed by atoms with van der Waals surface area (Å²) >= 11 is 0. The van der Waals surface area contributed by atoms with Crippen LogP contribution in [0.3, 0.4) is 0 Å². The zero-order chi connectivity index (χ0) is 12.5. The molecule has 1 amide bonds. The van der Waals surface area contributed by atoms with Crippen LogP contribution in [-0.2, 0) is 9.53 Å². The summed E-state index contributed by atoms with van der Waals surface area (Å²) in [6, 6.07) is 0.271. The molecule has 0 atom stereocenters. The summed E-state index contributed by atoms with van der Waals surface area (Å²) < 4.78 is 5.25. The van der Waals surface area contributed by atoms with E-state index in [0.29, 0.717) is 6.54 Å². The molecule has 17 heavy (non-hydrogen) atoms. The van der Waals surface area contributed by atoms with Crippen LogP contribution in [0.1, 0.15) is 26.2 Å². The lowest BCUT2D eigenvalue weighted by Gasteiger charge is -2.25. The number of nitrogens with zero attached hydrogens (tertiary/aromatic N) is 1. The molecule has 5 heteroatoms. The molecule has 1 aliphatic rings. The number of nitrogens with one attached hydrogen (secondary N) is 1. The highest BCUT2D eigenvalue weighted by atomic mass is 16.5. The van der Waals surface area contributed by atoms with E-state index in [1.165, 1.54) is 0 Å². The van der Waals surface area contributed by atoms with E-state index in [-0.39, 0.29) is 18.6 Å². The molecule has 1 heterocycles. The quantitative estimate of drug-likeness (QED) is 0.661. The Morgan fingerprint density at radius 3 is 2.76 bits per heavy atom. The average molecular weight is 244 g/mol. The number of carbonyl (C=O) groups excluding carboxylic acids is 1. The first-order valence-corrected chi connectivity index (χ1v) is 6.46. The van der Waals surface area contributed by atoms with E-state index in [1.54, 1.807) is 0 Å². The molecule has 0 bridgehead atoms. The van der Waals surface area contributed by atoms with E-state index < -0.39 is 0 Å². The van der Waals surface area contributed by atoms with E-state index in [2.05, 4.69) is 5.32 Å². The number of rotatable bonds is 7. The van der Waals surface area contributed by atoms with Crippen LogP contribution in [0.15, 0.2) is 0 Å². The van der Waals surface area contributed by atoms with Crippen LogP contribution in [0.4, 0.5) is 0 Å². The van der Waals surface area contributed by atoms with Crippen molar-refractivity contribution in [1.82, 2.24) is 10.2 Å². The first-order valence-electron chi connectivity index (χ1n) is 6.46. The number of aliphatic hydroxyl groups is 1. The molecule has 0 radical (unpaired) electrons. The number of likely N-dealkylation sites (N-methyl/N-ethyl adjacent to an activating group) is 1. The second-order valence-corrected chi connectivity index (χ2v) is 4.40. The number of carbonyl (C=O) groups is 1. The maximum absolute atomic E-state index is 11.8. The number of hydrogen-bond acceptors (Lipinski definition) is 4. The lowest BCUT2D eigenvalue weighted by molar-refractivity contribution is -0.123. The van der Waals surface area contributed by atoms with Crippen molar-refractivity contribution in [3.8, 4) is 0 Å². The number of ether oxygens (including phenoxy) is 1. The van der Waals surface area contributed by atoms with Crippen molar-refractivity contribution in [2.45, 2.75) is 32.2 Å². The van der Waals surface area contributed by atoms with Gasteiger partial charge in [0.15, 0.2) is 0 Å². The number of hydrogen-bond donors (Lipinski definition) is 2. The van der Waals surface area contributed by atoms with Crippen molar-refractivity contribution in [3.05, 3.63) is 0 Å². The Labute approximate surface area is 103 Å². The van der Waals surface area contributed by atoms with Gasteiger partial charge in [-0.15, -0.1) is 0 Å². The smallest absolute Gasteiger partial charge is 0.234 e. The fraction of sp³-hybridized carbons (Fsp3) is 0.917. The molecular weight excluding hydrogens is 220 g/mol. The van der Waals surface area contributed by atoms with Gasteiger partial charge in [-0.2, -0.15) is 0 Å². The second kappa shape index (κ2) is 8.44. The molecule has 5 nitrogen and oxygen atoms in total. The molecule has 0 aromatic carbocycles. The van der Waals surface area contributed by atoms with Crippen molar-refractivity contribution >= 4 is 5.91 Å². The van der Waals surface area contributed by atoms with Gasteiger partial charge in [0.2, 0.25) is 5.91 Å². The summed E-state index contributed by atoms with van der Waals surface area (Å²) in [5.41, 5.74) is 0. The molecule has 0 saturated carbocycles. The number of amides is 1. The van der Waals surface area contributed by atoms with E-state index in [9.17, 15) is 4.79 Å². The molecule has 0 aromatic heterocycles. The zero-order valence-corrected chi connectivity index (χ0v) is 10.7. The Bertz CT molecular complexity index is 218. The van der Waals surface area contributed by atoms with Crippen LogP contribution in [0.25, 0.3) is 0 Å². The third kappa shape index (κ3) is 6.00. The summed E-state index contributed by atoms with van der Waals surface area (Å²) in [6.07, 6.45) is 2.54. The first-order chi connectivity index (χ1) is 8.26. The summed E-state index contributed by atoms with van der Waals surface area (Å²) in [7, 11) is 0. The predicted octanol–water partition coefficient (Wildman–Crippen LogP) is -0.0141. The van der Waals surface area contributed by atoms with Gasteiger partial charge < -0.3 is 15.2 Å². The minimum Gasteiger partial charge on any atom is -0.396 e. The Hall–Kier alpha value is -0.650. The maximum atomic E-state index is 11.8. The van der Waals surface area contributed by atoms with Gasteiger partial charge in [-0.1, -0.05) is 6.92 Å². The van der Waals surface area contributed by atoms with Crippen molar-refractivity contribution in [2.75, 3.05) is 39.5 Å². The molecule has 0 unspecified atom stereocenters. The molecule has 1 saturated heterocycles. The summed E-state index contributed by atoms with van der Waals surface area (Å²) in [5, 5.41) is 11.8. The van der Waals surface area contributed by atoms with Crippen LogP contribution in [0.2, 0.25) is 0 Å². The highest BCUT2D eigenvalue weighted by Crippen LogP contribution is 2.05. The normalized spacial score (nSPS) is 17.4. The van der Waals surface area contributed by atoms with E-state index in [1.807, 2.05) is 11.8 Å². The molecule has 2 N–H and O–H groups in total. The van der Waals surface area contributed by atoms with Crippen molar-refractivity contribution in [3.63, 3.8) is 0 Å². The Balaban J connectivity index is 2.21. The highest BCUT2D eigenvalue weighted by molar-refractivity contribution is 5.78. The van der Waals surface area contributed by atoms with Gasteiger partial charge in [0, 0.05) is 32.4 Å². The molecule has 1 rings (SSSR count). The second-order valence-electron chi connectivity index (χ2n) is 4.40. The van der Waals surface area contributed by atoms with Gasteiger partial charge in [0.1, 0.15) is 0 Å². The molecule has 0 spiro atoms. The highest BCUT2D eigenvalue weighted by Gasteiger charge is 2.17. The molecule has 1 aliphatic heterocycles. The lowest BCUT2D eigenvalue weighted by Crippen LogP contribution is -2.44. The topological polar surface area (TPSA) is 61.8 Å². The van der Waals surface area contributed by atoms with Crippen LogP contribution < -0.4 is 5.32 Å². The van der Waals surface area contributed by atoms with Gasteiger partial charge in [0.05, 0.1) is 6.54 Å². The van der Waals surface area contributed by atoms with Gasteiger partial charge in [-0.05, 0) is 25.8 Å². The standard InChI is InChI=1S/C12H24N2O3/c1-2-14(6-3-7-15)10-12(16)13-11-4-8-17-9-5-11/h11,15H,2-10H2,1H3,(H,13,16). The SMILES string of the molecule is CCN(CCCO)CC(=O)NC1CCOCC1. The minimum atomic E-state index is 0.0803. The van der Waals surface area contributed by atoms with Gasteiger partial charge >= 0.3 is 0 Å². The fourth-order valence-electron chi connectivity index (χ4n) is 1.96. The fourth-order valence-corrected chi connectivity index (χ4v) is 1.96. The number of aliphatic hydroxyl groups excluding tert-OH is 1. The molecule has 100 valence electrons. The van der Waals surface area contributed by atoms with Crippen molar-refractivity contribution in [1.29, 1.82) is 0 Å². The summed E-state index contributed by atoms with van der Waals surface area (Å²) in [6.45, 7) is 5.72. The first kappa shape index (κ1) is 14.4. The lowest BCUT2D eigenvalue weighted by atomic mass is 10.1. The Morgan fingerprint density at radius 2 is 2.18 bits per heavy atom. The molecule has 1 fully saturated rings. The Morgan fingerprint density at radius 1 is 1.47 bits per heavy atom. The monoisotopic (exact) mass is 244 g/mol.